The van der Waals surface area contributed by atoms with Gasteiger partial charge in [0.1, 0.15) is 6.54 Å². The molecule has 1 fully saturated rings. The van der Waals surface area contributed by atoms with E-state index in [9.17, 15) is 18.0 Å². The topological polar surface area (TPSA) is 68.2 Å². The molecule has 1 aromatic rings. The molecule has 2 rings (SSSR count). The van der Waals surface area contributed by atoms with Gasteiger partial charge < -0.3 is 15.4 Å². The van der Waals surface area contributed by atoms with E-state index in [1.807, 2.05) is 0 Å². The molecule has 0 aromatic carbocycles. The van der Waals surface area contributed by atoms with Crippen LogP contribution in [0.2, 0.25) is 0 Å². The number of hydrogen-bond donors (Lipinski definition) is 2. The summed E-state index contributed by atoms with van der Waals surface area (Å²) in [5, 5.41) is 9.88. The van der Waals surface area contributed by atoms with Crippen molar-refractivity contribution in [1.82, 2.24) is 20.4 Å². The Morgan fingerprint density at radius 2 is 2.17 bits per heavy atom. The summed E-state index contributed by atoms with van der Waals surface area (Å²) in [5.74, 6) is -0.190. The second kappa shape index (κ2) is 7.10. The van der Waals surface area contributed by atoms with Crippen LogP contribution >= 0.6 is 0 Å². The lowest BCUT2D eigenvalue weighted by Crippen LogP contribution is -2.41. The molecule has 9 heteroatoms. The number of carbonyl (C=O) groups is 1. The molecule has 0 saturated carbocycles. The highest BCUT2D eigenvalue weighted by molar-refractivity contribution is 5.82. The second-order valence-electron chi connectivity index (χ2n) is 6.14. The molecular formula is C15H23F3N4O2. The number of methoxy groups -OCH3 is 1. The molecule has 0 radical (unpaired) electrons. The van der Waals surface area contributed by atoms with Crippen LogP contribution in [0, 0.1) is 13.8 Å². The first-order valence-electron chi connectivity index (χ1n) is 7.79. The van der Waals surface area contributed by atoms with Crippen molar-refractivity contribution in [1.29, 1.82) is 0 Å². The van der Waals surface area contributed by atoms with Crippen LogP contribution in [0.3, 0.4) is 0 Å². The highest BCUT2D eigenvalue weighted by atomic mass is 19.4. The zero-order valence-corrected chi connectivity index (χ0v) is 14.2. The third kappa shape index (κ3) is 4.27. The fourth-order valence-corrected chi connectivity index (χ4v) is 3.13. The van der Waals surface area contributed by atoms with Gasteiger partial charge in [0.2, 0.25) is 5.91 Å². The number of halogens is 3. The van der Waals surface area contributed by atoms with Gasteiger partial charge in [-0.2, -0.15) is 18.3 Å². The maximum absolute atomic E-state index is 12.6. The highest BCUT2D eigenvalue weighted by Gasteiger charge is 2.33. The van der Waals surface area contributed by atoms with Crippen molar-refractivity contribution < 1.29 is 22.7 Å². The minimum absolute atomic E-state index is 0.00550. The molecule has 0 spiro atoms. The van der Waals surface area contributed by atoms with Crippen LogP contribution in [-0.4, -0.2) is 47.7 Å². The van der Waals surface area contributed by atoms with Gasteiger partial charge in [-0.1, -0.05) is 0 Å². The van der Waals surface area contributed by atoms with E-state index in [0.29, 0.717) is 29.9 Å². The summed E-state index contributed by atoms with van der Waals surface area (Å²) in [6.45, 7) is 4.44. The van der Waals surface area contributed by atoms with E-state index >= 15 is 0 Å². The Kier molecular flexibility index (Phi) is 5.54. The van der Waals surface area contributed by atoms with Crippen LogP contribution in [0.5, 0.6) is 0 Å². The van der Waals surface area contributed by atoms with Crippen molar-refractivity contribution in [3.8, 4) is 0 Å². The first-order valence-corrected chi connectivity index (χ1v) is 7.79. The molecule has 136 valence electrons. The third-order valence-corrected chi connectivity index (χ3v) is 4.30. The normalized spacial score (nSPS) is 22.6. The maximum atomic E-state index is 12.6. The lowest BCUT2D eigenvalue weighted by atomic mass is 10.1. The zero-order valence-electron chi connectivity index (χ0n) is 14.2. The Balaban J connectivity index is 2.07. The Morgan fingerprint density at radius 3 is 2.71 bits per heavy atom. The molecule has 0 aliphatic carbocycles. The summed E-state index contributed by atoms with van der Waals surface area (Å²) in [7, 11) is 1.59. The zero-order chi connectivity index (χ0) is 18.1. The fourth-order valence-electron chi connectivity index (χ4n) is 3.13. The van der Waals surface area contributed by atoms with Gasteiger partial charge in [0.05, 0.1) is 23.9 Å². The number of rotatable bonds is 5. The molecule has 2 N–H and O–H groups in total. The van der Waals surface area contributed by atoms with Crippen molar-refractivity contribution in [2.24, 2.45) is 0 Å². The molecule has 1 saturated heterocycles. The van der Waals surface area contributed by atoms with Crippen LogP contribution in [0.15, 0.2) is 0 Å². The quantitative estimate of drug-likeness (QED) is 0.848. The average molecular weight is 348 g/mol. The van der Waals surface area contributed by atoms with Crippen LogP contribution in [-0.2, 0) is 16.1 Å². The van der Waals surface area contributed by atoms with E-state index in [-0.39, 0.29) is 18.1 Å². The number of ether oxygens (including phenoxy) is 1. The third-order valence-electron chi connectivity index (χ3n) is 4.30. The van der Waals surface area contributed by atoms with Crippen LogP contribution in [0.25, 0.3) is 0 Å². The smallest absolute Gasteiger partial charge is 0.380 e. The molecule has 1 aliphatic rings. The van der Waals surface area contributed by atoms with Crippen molar-refractivity contribution in [3.05, 3.63) is 17.0 Å². The molecule has 1 unspecified atom stereocenters. The Morgan fingerprint density at radius 1 is 1.50 bits per heavy atom. The van der Waals surface area contributed by atoms with Crippen LogP contribution in [0.4, 0.5) is 13.2 Å². The SMILES string of the molecule is CO[C@@H]1CN[C@@H](C(=O)NC(C)c2c(C)nn(CC(F)(F)F)c2C)C1. The molecule has 24 heavy (non-hydrogen) atoms. The van der Waals surface area contributed by atoms with Gasteiger partial charge in [-0.25, -0.2) is 0 Å². The van der Waals surface area contributed by atoms with Crippen molar-refractivity contribution >= 4 is 5.91 Å². The summed E-state index contributed by atoms with van der Waals surface area (Å²) in [6, 6.07) is -0.786. The molecule has 1 amide bonds. The largest absolute Gasteiger partial charge is 0.408 e. The van der Waals surface area contributed by atoms with Gasteiger partial charge in [-0.3, -0.25) is 9.48 Å². The average Bonchev–Trinajstić information content (AvgIpc) is 3.03. The van der Waals surface area contributed by atoms with Crippen molar-refractivity contribution in [2.45, 2.75) is 58.1 Å². The number of alkyl halides is 3. The molecular weight excluding hydrogens is 325 g/mol. The number of carbonyl (C=O) groups excluding carboxylic acids is 1. The Labute approximate surface area is 138 Å². The van der Waals surface area contributed by atoms with E-state index in [1.165, 1.54) is 0 Å². The van der Waals surface area contributed by atoms with E-state index in [1.54, 1.807) is 27.9 Å². The summed E-state index contributed by atoms with van der Waals surface area (Å²) in [5.41, 5.74) is 1.51. The summed E-state index contributed by atoms with van der Waals surface area (Å²) in [6.07, 6.45) is -3.77. The van der Waals surface area contributed by atoms with Gasteiger partial charge in [-0.15, -0.1) is 0 Å². The van der Waals surface area contributed by atoms with Crippen LogP contribution in [0.1, 0.15) is 36.3 Å². The van der Waals surface area contributed by atoms with Gasteiger partial charge in [-0.05, 0) is 27.2 Å². The number of aromatic nitrogens is 2. The number of amides is 1. The summed E-state index contributed by atoms with van der Waals surface area (Å²) >= 11 is 0. The molecule has 3 atom stereocenters. The predicted molar refractivity (Wildman–Crippen MR) is 81.5 cm³/mol. The first kappa shape index (κ1) is 18.7. The lowest BCUT2D eigenvalue weighted by Gasteiger charge is -2.18. The summed E-state index contributed by atoms with van der Waals surface area (Å²) < 4.78 is 43.9. The maximum Gasteiger partial charge on any atom is 0.408 e. The molecule has 1 aliphatic heterocycles. The minimum Gasteiger partial charge on any atom is -0.380 e. The number of hydrogen-bond acceptors (Lipinski definition) is 4. The predicted octanol–water partition coefficient (Wildman–Crippen LogP) is 1.62. The van der Waals surface area contributed by atoms with Crippen molar-refractivity contribution in [2.75, 3.05) is 13.7 Å². The summed E-state index contributed by atoms with van der Waals surface area (Å²) in [4.78, 5) is 12.3. The highest BCUT2D eigenvalue weighted by Crippen LogP contribution is 2.25. The fraction of sp³-hybridized carbons (Fsp3) is 0.733. The number of aryl methyl sites for hydroxylation is 1. The van der Waals surface area contributed by atoms with E-state index in [2.05, 4.69) is 15.7 Å². The van der Waals surface area contributed by atoms with Gasteiger partial charge >= 0.3 is 6.18 Å². The molecule has 1 aromatic heterocycles. The van der Waals surface area contributed by atoms with Gasteiger partial charge in [0.25, 0.3) is 0 Å². The molecule has 2 heterocycles. The van der Waals surface area contributed by atoms with Crippen LogP contribution < -0.4 is 10.6 Å². The van der Waals surface area contributed by atoms with E-state index < -0.39 is 18.8 Å². The number of nitrogens with zero attached hydrogens (tertiary/aromatic N) is 2. The number of nitrogens with one attached hydrogen (secondary N) is 2. The molecule has 0 bridgehead atoms. The standard InChI is InChI=1S/C15H23F3N4O2/c1-8(20-14(23)12-5-11(24-4)6-19-12)13-9(2)21-22(10(13)3)7-15(16,17)18/h8,11-12,19H,5-7H2,1-4H3,(H,20,23)/t8?,11-,12+/m0/s1. The van der Waals surface area contributed by atoms with E-state index in [4.69, 9.17) is 4.74 Å². The van der Waals surface area contributed by atoms with Gasteiger partial charge in [0.15, 0.2) is 0 Å². The Hall–Kier alpha value is -1.61. The van der Waals surface area contributed by atoms with Gasteiger partial charge in [0, 0.05) is 24.9 Å². The first-order chi connectivity index (χ1) is 11.1. The monoisotopic (exact) mass is 348 g/mol. The lowest BCUT2D eigenvalue weighted by molar-refractivity contribution is -0.143. The van der Waals surface area contributed by atoms with E-state index in [0.717, 1.165) is 4.68 Å². The Bertz CT molecular complexity index is 600. The molecule has 6 nitrogen and oxygen atoms in total. The minimum atomic E-state index is -4.34. The second-order valence-corrected chi connectivity index (χ2v) is 6.14. The van der Waals surface area contributed by atoms with Crippen molar-refractivity contribution in [3.63, 3.8) is 0 Å².